The first-order valence-corrected chi connectivity index (χ1v) is 7.77. The number of imidazole rings is 1. The third-order valence-electron chi connectivity index (χ3n) is 2.56. The van der Waals surface area contributed by atoms with Gasteiger partial charge in [-0.15, -0.1) is 0 Å². The van der Waals surface area contributed by atoms with Crippen molar-refractivity contribution in [1.29, 1.82) is 0 Å². The molecule has 0 radical (unpaired) electrons. The molecule has 0 aliphatic heterocycles. The van der Waals surface area contributed by atoms with Gasteiger partial charge in [0, 0.05) is 20.8 Å². The summed E-state index contributed by atoms with van der Waals surface area (Å²) in [6.45, 7) is 4.02. The Morgan fingerprint density at radius 1 is 1.44 bits per heavy atom. The van der Waals surface area contributed by atoms with E-state index in [9.17, 15) is 0 Å². The minimum atomic E-state index is 0.825. The Hall–Kier alpha value is -0.400. The van der Waals surface area contributed by atoms with Crippen LogP contribution in [-0.4, -0.2) is 16.1 Å². The molecule has 18 heavy (non-hydrogen) atoms. The first-order chi connectivity index (χ1) is 8.70. The zero-order valence-corrected chi connectivity index (χ0v) is 13.9. The molecule has 0 aliphatic carbocycles. The van der Waals surface area contributed by atoms with Gasteiger partial charge in [-0.3, -0.25) is 0 Å². The largest absolute Gasteiger partial charge is 0.311 e. The SMILES string of the molecule is CCCNCc1cn(-c2cc(Br)ccc2I)cn1. The summed E-state index contributed by atoms with van der Waals surface area (Å²) in [5.74, 6) is 0. The lowest BCUT2D eigenvalue weighted by Gasteiger charge is -2.05. The molecule has 0 unspecified atom stereocenters. The van der Waals surface area contributed by atoms with Crippen LogP contribution in [0.4, 0.5) is 0 Å². The number of hydrogen-bond donors (Lipinski definition) is 1. The van der Waals surface area contributed by atoms with E-state index in [2.05, 4.69) is 78.6 Å². The minimum absolute atomic E-state index is 0.825. The third-order valence-corrected chi connectivity index (χ3v) is 3.96. The molecule has 0 saturated heterocycles. The second kappa shape index (κ2) is 6.68. The number of rotatable bonds is 5. The molecule has 0 atom stereocenters. The summed E-state index contributed by atoms with van der Waals surface area (Å²) in [5.41, 5.74) is 2.22. The quantitative estimate of drug-likeness (QED) is 0.591. The molecule has 0 fully saturated rings. The number of halogens is 2. The van der Waals surface area contributed by atoms with Gasteiger partial charge in [0.2, 0.25) is 0 Å². The molecule has 1 N–H and O–H groups in total. The van der Waals surface area contributed by atoms with Gasteiger partial charge in [0.1, 0.15) is 0 Å². The van der Waals surface area contributed by atoms with Crippen LogP contribution in [0.1, 0.15) is 19.0 Å². The van der Waals surface area contributed by atoms with E-state index in [1.165, 1.54) is 3.57 Å². The van der Waals surface area contributed by atoms with E-state index in [1.54, 1.807) is 0 Å². The number of hydrogen-bond acceptors (Lipinski definition) is 2. The Kier molecular flexibility index (Phi) is 5.20. The average Bonchev–Trinajstić information content (AvgIpc) is 2.81. The Bertz CT molecular complexity index is 525. The third kappa shape index (κ3) is 3.55. The second-order valence-electron chi connectivity index (χ2n) is 4.04. The van der Waals surface area contributed by atoms with E-state index < -0.39 is 0 Å². The van der Waals surface area contributed by atoms with Gasteiger partial charge in [-0.25, -0.2) is 4.98 Å². The predicted molar refractivity (Wildman–Crippen MR) is 86.0 cm³/mol. The smallest absolute Gasteiger partial charge is 0.0996 e. The topological polar surface area (TPSA) is 29.9 Å². The molecule has 0 amide bonds. The maximum atomic E-state index is 4.42. The molecule has 2 rings (SSSR count). The lowest BCUT2D eigenvalue weighted by atomic mass is 10.3. The van der Waals surface area contributed by atoms with Gasteiger partial charge < -0.3 is 9.88 Å². The average molecular weight is 420 g/mol. The fourth-order valence-electron chi connectivity index (χ4n) is 1.66. The van der Waals surface area contributed by atoms with Crippen molar-refractivity contribution in [3.8, 4) is 5.69 Å². The van der Waals surface area contributed by atoms with Crippen LogP contribution >= 0.6 is 38.5 Å². The van der Waals surface area contributed by atoms with E-state index in [4.69, 9.17) is 0 Å². The molecular weight excluding hydrogens is 405 g/mol. The number of nitrogens with one attached hydrogen (secondary N) is 1. The lowest BCUT2D eigenvalue weighted by Crippen LogP contribution is -2.13. The highest BCUT2D eigenvalue weighted by atomic mass is 127. The highest BCUT2D eigenvalue weighted by molar-refractivity contribution is 14.1. The van der Waals surface area contributed by atoms with Gasteiger partial charge in [0.05, 0.1) is 17.7 Å². The van der Waals surface area contributed by atoms with E-state index in [-0.39, 0.29) is 0 Å². The van der Waals surface area contributed by atoms with E-state index in [0.29, 0.717) is 0 Å². The van der Waals surface area contributed by atoms with Crippen molar-refractivity contribution >= 4 is 38.5 Å². The summed E-state index contributed by atoms with van der Waals surface area (Å²) in [4.78, 5) is 4.42. The molecule has 0 aliphatic rings. The molecule has 1 heterocycles. The fourth-order valence-corrected chi connectivity index (χ4v) is 2.63. The summed E-state index contributed by atoms with van der Waals surface area (Å²) in [5, 5.41) is 3.36. The van der Waals surface area contributed by atoms with Crippen LogP contribution in [0, 0.1) is 3.57 Å². The molecule has 1 aromatic carbocycles. The molecular formula is C13H15BrIN3. The Balaban J connectivity index is 2.16. The van der Waals surface area contributed by atoms with Crippen LogP contribution in [0.5, 0.6) is 0 Å². The summed E-state index contributed by atoms with van der Waals surface area (Å²) in [7, 11) is 0. The van der Waals surface area contributed by atoms with Crippen LogP contribution in [-0.2, 0) is 6.54 Å². The standard InChI is InChI=1S/C13H15BrIN3/c1-2-5-16-7-11-8-18(9-17-11)13-6-10(14)3-4-12(13)15/h3-4,6,8-9,16H,2,5,7H2,1H3. The lowest BCUT2D eigenvalue weighted by molar-refractivity contribution is 0.666. The van der Waals surface area contributed by atoms with Crippen LogP contribution in [0.25, 0.3) is 5.69 Å². The minimum Gasteiger partial charge on any atom is -0.311 e. The van der Waals surface area contributed by atoms with Crippen molar-refractivity contribution in [2.45, 2.75) is 19.9 Å². The van der Waals surface area contributed by atoms with Crippen molar-refractivity contribution in [2.75, 3.05) is 6.54 Å². The Morgan fingerprint density at radius 3 is 3.06 bits per heavy atom. The van der Waals surface area contributed by atoms with Crippen LogP contribution in [0.15, 0.2) is 35.2 Å². The normalized spacial score (nSPS) is 10.8. The maximum absolute atomic E-state index is 4.42. The molecule has 1 aromatic heterocycles. The maximum Gasteiger partial charge on any atom is 0.0996 e. The number of aromatic nitrogens is 2. The first-order valence-electron chi connectivity index (χ1n) is 5.89. The van der Waals surface area contributed by atoms with Crippen LogP contribution < -0.4 is 5.32 Å². The number of benzene rings is 1. The Labute approximate surface area is 129 Å². The molecule has 0 saturated carbocycles. The second-order valence-corrected chi connectivity index (χ2v) is 6.12. The van der Waals surface area contributed by atoms with Crippen LogP contribution in [0.3, 0.4) is 0 Å². The van der Waals surface area contributed by atoms with Gasteiger partial charge in [0.25, 0.3) is 0 Å². The Morgan fingerprint density at radius 2 is 2.28 bits per heavy atom. The van der Waals surface area contributed by atoms with Gasteiger partial charge in [-0.2, -0.15) is 0 Å². The molecule has 96 valence electrons. The predicted octanol–water partition coefficient (Wildman–Crippen LogP) is 3.74. The summed E-state index contributed by atoms with van der Waals surface area (Å²) >= 11 is 5.84. The zero-order chi connectivity index (χ0) is 13.0. The molecule has 0 bridgehead atoms. The molecule has 2 aromatic rings. The summed E-state index contributed by atoms with van der Waals surface area (Å²) in [6, 6.07) is 6.24. The van der Waals surface area contributed by atoms with E-state index in [1.807, 2.05) is 12.4 Å². The first kappa shape index (κ1) is 14.0. The van der Waals surface area contributed by atoms with Gasteiger partial charge in [-0.05, 0) is 53.8 Å². The zero-order valence-electron chi connectivity index (χ0n) is 10.2. The molecule has 3 nitrogen and oxygen atoms in total. The highest BCUT2D eigenvalue weighted by Gasteiger charge is 2.05. The van der Waals surface area contributed by atoms with Crippen molar-refractivity contribution in [3.63, 3.8) is 0 Å². The molecule has 0 spiro atoms. The van der Waals surface area contributed by atoms with Gasteiger partial charge in [0.15, 0.2) is 0 Å². The van der Waals surface area contributed by atoms with Crippen molar-refractivity contribution in [2.24, 2.45) is 0 Å². The monoisotopic (exact) mass is 419 g/mol. The van der Waals surface area contributed by atoms with Crippen molar-refractivity contribution < 1.29 is 0 Å². The fraction of sp³-hybridized carbons (Fsp3) is 0.308. The van der Waals surface area contributed by atoms with Gasteiger partial charge in [-0.1, -0.05) is 22.9 Å². The van der Waals surface area contributed by atoms with Gasteiger partial charge >= 0.3 is 0 Å². The summed E-state index contributed by atoms with van der Waals surface area (Å²) < 4.78 is 4.36. The van der Waals surface area contributed by atoms with E-state index >= 15 is 0 Å². The molecule has 5 heteroatoms. The summed E-state index contributed by atoms with van der Waals surface area (Å²) in [6.07, 6.45) is 5.09. The van der Waals surface area contributed by atoms with Crippen LogP contribution in [0.2, 0.25) is 0 Å². The van der Waals surface area contributed by atoms with E-state index in [0.717, 1.165) is 35.4 Å². The van der Waals surface area contributed by atoms with Crippen molar-refractivity contribution in [1.82, 2.24) is 14.9 Å². The van der Waals surface area contributed by atoms with Crippen molar-refractivity contribution in [3.05, 3.63) is 44.5 Å². The highest BCUT2D eigenvalue weighted by Crippen LogP contribution is 2.22. The number of nitrogens with zero attached hydrogens (tertiary/aromatic N) is 2.